The fourth-order valence-corrected chi connectivity index (χ4v) is 2.41. The highest BCUT2D eigenvalue weighted by atomic mass is 35.5. The number of carbonyl (C=O) groups excluding carboxylic acids is 2. The number of Topliss-reactive ketones (excluding diaryl/α,β-unsaturated/α-hetero) is 1. The van der Waals surface area contributed by atoms with E-state index in [-0.39, 0.29) is 24.5 Å². The van der Waals surface area contributed by atoms with Crippen LogP contribution in [0.4, 0.5) is 0 Å². The van der Waals surface area contributed by atoms with Crippen LogP contribution in [-0.2, 0) is 11.3 Å². The van der Waals surface area contributed by atoms with Crippen molar-refractivity contribution in [3.05, 3.63) is 69.7 Å². The lowest BCUT2D eigenvalue weighted by Gasteiger charge is -2.07. The topological polar surface area (TPSA) is 46.2 Å². The van der Waals surface area contributed by atoms with Crippen molar-refractivity contribution in [2.24, 2.45) is 0 Å². The summed E-state index contributed by atoms with van der Waals surface area (Å²) in [5.41, 5.74) is 3.76. The third kappa shape index (κ3) is 4.93. The molecule has 0 fully saturated rings. The summed E-state index contributed by atoms with van der Waals surface area (Å²) in [4.78, 5) is 24.0. The van der Waals surface area contributed by atoms with Crippen molar-refractivity contribution in [1.29, 1.82) is 0 Å². The van der Waals surface area contributed by atoms with Crippen LogP contribution in [-0.4, -0.2) is 11.7 Å². The maximum atomic E-state index is 12.1. The number of aryl methyl sites for hydroxylation is 2. The Hall–Kier alpha value is -2.13. The Kier molecular flexibility index (Phi) is 5.94. The first-order chi connectivity index (χ1) is 11.0. The maximum Gasteiger partial charge on any atom is 0.220 e. The second kappa shape index (κ2) is 7.93. The van der Waals surface area contributed by atoms with Gasteiger partial charge in [0.15, 0.2) is 5.78 Å². The average Bonchev–Trinajstić information content (AvgIpc) is 2.54. The minimum absolute atomic E-state index is 0.0130. The number of benzene rings is 2. The highest BCUT2D eigenvalue weighted by molar-refractivity contribution is 6.31. The highest BCUT2D eigenvalue weighted by Gasteiger charge is 2.10. The molecule has 1 N–H and O–H groups in total. The van der Waals surface area contributed by atoms with Crippen molar-refractivity contribution in [2.45, 2.75) is 33.2 Å². The predicted octanol–water partition coefficient (Wildman–Crippen LogP) is 4.24. The molecule has 0 aliphatic rings. The van der Waals surface area contributed by atoms with Crippen molar-refractivity contribution in [1.82, 2.24) is 5.32 Å². The number of hydrogen-bond donors (Lipinski definition) is 1. The fourth-order valence-electron chi connectivity index (χ4n) is 2.21. The number of ketones is 1. The number of nitrogens with one attached hydrogen (secondary N) is 1. The molecule has 0 spiro atoms. The van der Waals surface area contributed by atoms with Crippen LogP contribution < -0.4 is 5.32 Å². The first-order valence-corrected chi connectivity index (χ1v) is 7.95. The normalized spacial score (nSPS) is 10.4. The Labute approximate surface area is 141 Å². The molecule has 2 aromatic rings. The van der Waals surface area contributed by atoms with Gasteiger partial charge < -0.3 is 5.32 Å². The summed E-state index contributed by atoms with van der Waals surface area (Å²) in [7, 11) is 0. The summed E-state index contributed by atoms with van der Waals surface area (Å²) >= 11 is 6.04. The lowest BCUT2D eigenvalue weighted by atomic mass is 10.0. The lowest BCUT2D eigenvalue weighted by Crippen LogP contribution is -2.23. The van der Waals surface area contributed by atoms with E-state index in [4.69, 9.17) is 11.6 Å². The second-order valence-electron chi connectivity index (χ2n) is 5.59. The van der Waals surface area contributed by atoms with E-state index in [0.717, 1.165) is 16.7 Å². The van der Waals surface area contributed by atoms with Gasteiger partial charge in [0, 0.05) is 30.0 Å². The zero-order valence-electron chi connectivity index (χ0n) is 13.4. The van der Waals surface area contributed by atoms with Crippen molar-refractivity contribution in [2.75, 3.05) is 0 Å². The molecule has 0 aromatic heterocycles. The van der Waals surface area contributed by atoms with Gasteiger partial charge in [-0.25, -0.2) is 0 Å². The highest BCUT2D eigenvalue weighted by Crippen LogP contribution is 2.15. The maximum absolute atomic E-state index is 12.1. The van der Waals surface area contributed by atoms with Gasteiger partial charge in [-0.2, -0.15) is 0 Å². The van der Waals surface area contributed by atoms with E-state index < -0.39 is 0 Å². The van der Waals surface area contributed by atoms with E-state index in [0.29, 0.717) is 17.1 Å². The quantitative estimate of drug-likeness (QED) is 0.806. The van der Waals surface area contributed by atoms with Gasteiger partial charge in [0.2, 0.25) is 5.91 Å². The van der Waals surface area contributed by atoms with Crippen molar-refractivity contribution in [3.63, 3.8) is 0 Å². The van der Waals surface area contributed by atoms with E-state index in [1.54, 1.807) is 6.07 Å². The van der Waals surface area contributed by atoms with E-state index in [1.807, 2.05) is 50.2 Å². The first kappa shape index (κ1) is 17.2. The molecule has 120 valence electrons. The van der Waals surface area contributed by atoms with Crippen LogP contribution in [0.5, 0.6) is 0 Å². The van der Waals surface area contributed by atoms with Gasteiger partial charge in [0.25, 0.3) is 0 Å². The average molecular weight is 330 g/mol. The summed E-state index contributed by atoms with van der Waals surface area (Å²) in [6.07, 6.45) is 0.382. The van der Waals surface area contributed by atoms with Crippen molar-refractivity contribution in [3.8, 4) is 0 Å². The van der Waals surface area contributed by atoms with Crippen LogP contribution in [0.15, 0.2) is 42.5 Å². The van der Waals surface area contributed by atoms with E-state index in [1.165, 1.54) is 0 Å². The number of halogens is 1. The van der Waals surface area contributed by atoms with E-state index in [2.05, 4.69) is 5.32 Å². The van der Waals surface area contributed by atoms with Gasteiger partial charge >= 0.3 is 0 Å². The number of carbonyl (C=O) groups is 2. The Morgan fingerprint density at radius 2 is 1.74 bits per heavy atom. The number of amides is 1. The van der Waals surface area contributed by atoms with Gasteiger partial charge in [-0.05, 0) is 42.7 Å². The molecule has 0 atom stereocenters. The van der Waals surface area contributed by atoms with Gasteiger partial charge in [0.1, 0.15) is 0 Å². The zero-order chi connectivity index (χ0) is 16.8. The second-order valence-corrected chi connectivity index (χ2v) is 6.00. The molecular weight excluding hydrogens is 310 g/mol. The summed E-state index contributed by atoms with van der Waals surface area (Å²) in [6, 6.07) is 13.0. The van der Waals surface area contributed by atoms with Crippen LogP contribution in [0.2, 0.25) is 5.02 Å². The molecule has 1 amide bonds. The SMILES string of the molecule is Cc1ccc(C(=O)CCC(=O)NCc2ccccc2Cl)cc1C. The summed E-state index contributed by atoms with van der Waals surface area (Å²) in [6.45, 7) is 4.35. The van der Waals surface area contributed by atoms with Crippen LogP contribution in [0.1, 0.15) is 39.9 Å². The smallest absolute Gasteiger partial charge is 0.220 e. The van der Waals surface area contributed by atoms with Gasteiger partial charge in [-0.3, -0.25) is 9.59 Å². The zero-order valence-corrected chi connectivity index (χ0v) is 14.1. The molecule has 0 bridgehead atoms. The van der Waals surface area contributed by atoms with E-state index >= 15 is 0 Å². The third-order valence-electron chi connectivity index (χ3n) is 3.84. The molecule has 4 heteroatoms. The van der Waals surface area contributed by atoms with Gasteiger partial charge in [0.05, 0.1) is 0 Å². The van der Waals surface area contributed by atoms with Crippen LogP contribution in [0.3, 0.4) is 0 Å². The van der Waals surface area contributed by atoms with Gasteiger partial charge in [-0.1, -0.05) is 41.9 Å². The Balaban J connectivity index is 1.83. The monoisotopic (exact) mass is 329 g/mol. The molecule has 3 nitrogen and oxygen atoms in total. The molecule has 0 heterocycles. The minimum atomic E-state index is -0.151. The first-order valence-electron chi connectivity index (χ1n) is 7.58. The molecule has 0 saturated carbocycles. The standard InChI is InChI=1S/C19H20ClNO2/c1-13-7-8-15(11-14(13)2)18(22)9-10-19(23)21-12-16-5-3-4-6-17(16)20/h3-8,11H,9-10,12H2,1-2H3,(H,21,23). The minimum Gasteiger partial charge on any atom is -0.352 e. The largest absolute Gasteiger partial charge is 0.352 e. The van der Waals surface area contributed by atoms with Crippen molar-refractivity contribution < 1.29 is 9.59 Å². The summed E-state index contributed by atoms with van der Waals surface area (Å²) < 4.78 is 0. The van der Waals surface area contributed by atoms with Crippen LogP contribution in [0.25, 0.3) is 0 Å². The summed E-state index contributed by atoms with van der Waals surface area (Å²) in [5, 5.41) is 3.42. The molecular formula is C19H20ClNO2. The number of hydrogen-bond acceptors (Lipinski definition) is 2. The lowest BCUT2D eigenvalue weighted by molar-refractivity contribution is -0.121. The predicted molar refractivity (Wildman–Crippen MR) is 92.8 cm³/mol. The van der Waals surface area contributed by atoms with Crippen LogP contribution in [0, 0.1) is 13.8 Å². The molecule has 0 aliphatic carbocycles. The molecule has 23 heavy (non-hydrogen) atoms. The fraction of sp³-hybridized carbons (Fsp3) is 0.263. The van der Waals surface area contributed by atoms with E-state index in [9.17, 15) is 9.59 Å². The molecule has 0 saturated heterocycles. The third-order valence-corrected chi connectivity index (χ3v) is 4.21. The summed E-state index contributed by atoms with van der Waals surface area (Å²) in [5.74, 6) is -0.164. The molecule has 0 radical (unpaired) electrons. The Morgan fingerprint density at radius 1 is 1.00 bits per heavy atom. The Bertz CT molecular complexity index is 725. The molecule has 0 unspecified atom stereocenters. The molecule has 2 aromatic carbocycles. The van der Waals surface area contributed by atoms with Crippen molar-refractivity contribution >= 4 is 23.3 Å². The molecule has 0 aliphatic heterocycles. The molecule has 2 rings (SSSR count). The Morgan fingerprint density at radius 3 is 2.43 bits per heavy atom. The van der Waals surface area contributed by atoms with Crippen LogP contribution >= 0.6 is 11.6 Å². The van der Waals surface area contributed by atoms with Gasteiger partial charge in [-0.15, -0.1) is 0 Å². The number of rotatable bonds is 6.